The molecule has 0 aromatic carbocycles. The highest BCUT2D eigenvalue weighted by Gasteiger charge is 2.27. The summed E-state index contributed by atoms with van der Waals surface area (Å²) < 4.78 is 32.7. The minimum atomic E-state index is -4.61. The molecule has 3 N–H and O–H groups in total. The Kier molecular flexibility index (Phi) is 37.1. The highest BCUT2D eigenvalue weighted by Crippen LogP contribution is 2.43. The van der Waals surface area contributed by atoms with Crippen molar-refractivity contribution in [1.82, 2.24) is 0 Å². The largest absolute Gasteiger partial charge is 0.472 e. The van der Waals surface area contributed by atoms with Crippen LogP contribution in [-0.2, 0) is 32.7 Å². The van der Waals surface area contributed by atoms with Crippen LogP contribution in [0.15, 0.2) is 12.2 Å². The third kappa shape index (κ3) is 37.0. The van der Waals surface area contributed by atoms with Gasteiger partial charge in [0.15, 0.2) is 6.10 Å². The predicted octanol–water partition coefficient (Wildman–Crippen LogP) is 10.8. The Morgan fingerprint density at radius 1 is 0.558 bits per heavy atom. The van der Waals surface area contributed by atoms with Gasteiger partial charge in [-0.05, 0) is 38.5 Å². The first-order valence-corrected chi connectivity index (χ1v) is 22.6. The molecule has 0 aromatic heterocycles. The fraction of sp³-hybridized carbons (Fsp3) is 0.902. The molecule has 52 heavy (non-hydrogen) atoms. The Bertz CT molecular complexity index is 884. The van der Waals surface area contributed by atoms with E-state index in [-0.39, 0.29) is 19.4 Å². The van der Waals surface area contributed by atoms with Crippen molar-refractivity contribution in [1.29, 1.82) is 0 Å². The number of hydrogen-bond donors (Lipinski definition) is 3. The van der Waals surface area contributed by atoms with Gasteiger partial charge in [0.2, 0.25) is 0 Å². The van der Waals surface area contributed by atoms with Crippen LogP contribution >= 0.6 is 7.82 Å². The number of hydrogen-bond acceptors (Lipinski definition) is 9. The summed E-state index contributed by atoms with van der Waals surface area (Å²) in [6.45, 7) is 2.38. The molecule has 308 valence electrons. The van der Waals surface area contributed by atoms with Crippen LogP contribution in [0.25, 0.3) is 0 Å². The fourth-order valence-corrected chi connectivity index (χ4v) is 6.66. The van der Waals surface area contributed by atoms with E-state index in [2.05, 4.69) is 30.5 Å². The molecule has 3 atom stereocenters. The van der Waals surface area contributed by atoms with Gasteiger partial charge in [0.05, 0.1) is 19.8 Å². The number of allylic oxidation sites excluding steroid dienone is 2. The Morgan fingerprint density at radius 2 is 0.942 bits per heavy atom. The second-order valence-corrected chi connectivity index (χ2v) is 15.8. The summed E-state index contributed by atoms with van der Waals surface area (Å²) in [5.74, 6) is -0.922. The highest BCUT2D eigenvalue weighted by molar-refractivity contribution is 7.47. The van der Waals surface area contributed by atoms with Gasteiger partial charge in [-0.25, -0.2) is 4.57 Å². The normalized spacial score (nSPS) is 14.0. The van der Waals surface area contributed by atoms with E-state index in [1.807, 2.05) is 0 Å². The van der Waals surface area contributed by atoms with Gasteiger partial charge in [-0.15, -0.1) is 0 Å². The van der Waals surface area contributed by atoms with Gasteiger partial charge in [0.25, 0.3) is 0 Å². The molecule has 0 aliphatic rings. The molecule has 0 aliphatic carbocycles. The number of phosphoric acid groups is 1. The predicted molar refractivity (Wildman–Crippen MR) is 210 cm³/mol. The summed E-state index contributed by atoms with van der Waals surface area (Å²) in [7, 11) is -4.61. The van der Waals surface area contributed by atoms with Crippen molar-refractivity contribution in [3.8, 4) is 0 Å². The molecule has 1 unspecified atom stereocenters. The number of rotatable bonds is 40. The van der Waals surface area contributed by atoms with Crippen LogP contribution in [0.4, 0.5) is 0 Å². The summed E-state index contributed by atoms with van der Waals surface area (Å²) in [5, 5.41) is 18.3. The third-order valence-electron chi connectivity index (χ3n) is 9.17. The lowest BCUT2D eigenvalue weighted by atomic mass is 10.0. The van der Waals surface area contributed by atoms with Gasteiger partial charge in [-0.2, -0.15) is 0 Å². The van der Waals surface area contributed by atoms with E-state index in [1.165, 1.54) is 116 Å². The molecule has 0 aromatic rings. The van der Waals surface area contributed by atoms with Crippen LogP contribution in [0.5, 0.6) is 0 Å². The molecule has 0 aliphatic heterocycles. The number of aliphatic hydroxyl groups is 2. The number of carbonyl (C=O) groups is 2. The van der Waals surface area contributed by atoms with E-state index < -0.39 is 51.8 Å². The lowest BCUT2D eigenvalue weighted by Gasteiger charge is -2.20. The maximum Gasteiger partial charge on any atom is 0.472 e. The number of carbonyl (C=O) groups excluding carboxylic acids is 2. The monoisotopic (exact) mass is 763 g/mol. The number of aliphatic hydroxyl groups excluding tert-OH is 2. The summed E-state index contributed by atoms with van der Waals surface area (Å²) >= 11 is 0. The zero-order chi connectivity index (χ0) is 38.4. The van der Waals surface area contributed by atoms with Crippen molar-refractivity contribution >= 4 is 19.8 Å². The van der Waals surface area contributed by atoms with E-state index in [0.29, 0.717) is 12.8 Å². The van der Waals surface area contributed by atoms with Crippen molar-refractivity contribution in [3.05, 3.63) is 12.2 Å². The molecule has 0 spiro atoms. The zero-order valence-corrected chi connectivity index (χ0v) is 34.2. The van der Waals surface area contributed by atoms with Crippen molar-refractivity contribution in [3.63, 3.8) is 0 Å². The van der Waals surface area contributed by atoms with Crippen LogP contribution < -0.4 is 0 Å². The van der Waals surface area contributed by atoms with Gasteiger partial charge in [-0.1, -0.05) is 161 Å². The first-order valence-electron chi connectivity index (χ1n) is 21.1. The average molecular weight is 763 g/mol. The van der Waals surface area contributed by atoms with Crippen LogP contribution in [0.3, 0.4) is 0 Å². The second-order valence-electron chi connectivity index (χ2n) is 14.4. The SMILES string of the molecule is CCCCCCCC/C=C\CCCCCCCCCC(=O)OC[C@H](COP(=O)(O)OC[C@@H](O)CO)OC(=O)CCCCCCCCCCCCCC. The zero-order valence-electron chi connectivity index (χ0n) is 33.3. The smallest absolute Gasteiger partial charge is 0.462 e. The van der Waals surface area contributed by atoms with Crippen molar-refractivity contribution in [2.24, 2.45) is 0 Å². The fourth-order valence-electron chi connectivity index (χ4n) is 5.87. The molecular formula is C41H79O10P. The summed E-state index contributed by atoms with van der Waals surface area (Å²) in [5.41, 5.74) is 0. The number of unbranched alkanes of at least 4 members (excludes halogenated alkanes) is 24. The van der Waals surface area contributed by atoms with Gasteiger partial charge < -0.3 is 24.6 Å². The molecule has 11 heteroatoms. The minimum absolute atomic E-state index is 0.188. The molecule has 0 fully saturated rings. The minimum Gasteiger partial charge on any atom is -0.462 e. The Balaban J connectivity index is 4.27. The molecule has 0 saturated carbocycles. The lowest BCUT2D eigenvalue weighted by Crippen LogP contribution is -2.29. The summed E-state index contributed by atoms with van der Waals surface area (Å²) in [4.78, 5) is 34.9. The molecule has 0 saturated heterocycles. The van der Waals surface area contributed by atoms with Gasteiger partial charge in [0.1, 0.15) is 12.7 Å². The second kappa shape index (κ2) is 38.0. The maximum atomic E-state index is 12.6. The Labute approximate surface area is 317 Å². The quantitative estimate of drug-likeness (QED) is 0.0238. The van der Waals surface area contributed by atoms with Crippen LogP contribution in [-0.4, -0.2) is 65.7 Å². The van der Waals surface area contributed by atoms with Crippen molar-refractivity contribution < 1.29 is 47.8 Å². The third-order valence-corrected chi connectivity index (χ3v) is 10.1. The molecule has 0 rings (SSSR count). The van der Waals surface area contributed by atoms with E-state index in [1.54, 1.807) is 0 Å². The van der Waals surface area contributed by atoms with E-state index in [0.717, 1.165) is 44.9 Å². The van der Waals surface area contributed by atoms with E-state index in [9.17, 15) is 24.2 Å². The number of phosphoric ester groups is 1. The van der Waals surface area contributed by atoms with Gasteiger partial charge >= 0.3 is 19.8 Å². The molecule has 10 nitrogen and oxygen atoms in total. The molecular weight excluding hydrogens is 683 g/mol. The van der Waals surface area contributed by atoms with Crippen molar-refractivity contribution in [2.45, 2.75) is 212 Å². The molecule has 0 heterocycles. The van der Waals surface area contributed by atoms with Crippen molar-refractivity contribution in [2.75, 3.05) is 26.4 Å². The van der Waals surface area contributed by atoms with Crippen LogP contribution in [0, 0.1) is 0 Å². The lowest BCUT2D eigenvalue weighted by molar-refractivity contribution is -0.161. The Morgan fingerprint density at radius 3 is 1.38 bits per heavy atom. The topological polar surface area (TPSA) is 149 Å². The van der Waals surface area contributed by atoms with Crippen LogP contribution in [0.1, 0.15) is 200 Å². The standard InChI is InChI=1S/C41H79O10P/c1-3-5-7-9-11-13-15-17-18-19-20-21-23-24-26-28-30-32-40(44)48-36-39(37-50-52(46,47)49-35-38(43)34-42)51-41(45)33-31-29-27-25-22-16-14-12-10-8-6-4-2/h17-18,38-39,42-43H,3-16,19-37H2,1-2H3,(H,46,47)/b18-17-/t38-,39+/m0/s1. The highest BCUT2D eigenvalue weighted by atomic mass is 31.2. The van der Waals surface area contributed by atoms with Gasteiger partial charge in [-0.3, -0.25) is 18.6 Å². The summed E-state index contributed by atoms with van der Waals surface area (Å²) in [6.07, 6.45) is 34.6. The summed E-state index contributed by atoms with van der Waals surface area (Å²) in [6, 6.07) is 0. The molecule has 0 radical (unpaired) electrons. The number of ether oxygens (including phenoxy) is 2. The molecule has 0 bridgehead atoms. The van der Waals surface area contributed by atoms with Gasteiger partial charge in [0, 0.05) is 12.8 Å². The first kappa shape index (κ1) is 50.7. The average Bonchev–Trinajstić information content (AvgIpc) is 3.13. The first-order chi connectivity index (χ1) is 25.2. The van der Waals surface area contributed by atoms with E-state index in [4.69, 9.17) is 19.1 Å². The number of esters is 2. The Hall–Kier alpha value is -1.29. The van der Waals surface area contributed by atoms with E-state index >= 15 is 0 Å². The van der Waals surface area contributed by atoms with Crippen LogP contribution in [0.2, 0.25) is 0 Å². The maximum absolute atomic E-state index is 12.6. The molecule has 0 amide bonds.